The summed E-state index contributed by atoms with van der Waals surface area (Å²) in [6, 6.07) is 14.4. The minimum absolute atomic E-state index is 0.000524. The summed E-state index contributed by atoms with van der Waals surface area (Å²) >= 11 is 3.38. The van der Waals surface area contributed by atoms with Gasteiger partial charge in [-0.2, -0.15) is 0 Å². The molecule has 1 fully saturated rings. The zero-order valence-corrected chi connectivity index (χ0v) is 12.9. The van der Waals surface area contributed by atoms with Crippen molar-refractivity contribution in [3.8, 4) is 0 Å². The van der Waals surface area contributed by atoms with E-state index < -0.39 is 0 Å². The van der Waals surface area contributed by atoms with E-state index in [2.05, 4.69) is 21.2 Å². The van der Waals surface area contributed by atoms with E-state index in [9.17, 15) is 9.59 Å². The van der Waals surface area contributed by atoms with Crippen LogP contribution in [-0.4, -0.2) is 11.7 Å². The van der Waals surface area contributed by atoms with E-state index in [0.717, 1.165) is 17.3 Å². The van der Waals surface area contributed by atoms with Crippen molar-refractivity contribution in [2.24, 2.45) is 5.92 Å². The van der Waals surface area contributed by atoms with Gasteiger partial charge in [0, 0.05) is 21.5 Å². The zero-order valence-electron chi connectivity index (χ0n) is 11.3. The molecule has 21 heavy (non-hydrogen) atoms. The van der Waals surface area contributed by atoms with Crippen molar-refractivity contribution >= 4 is 33.3 Å². The van der Waals surface area contributed by atoms with Crippen LogP contribution in [0.25, 0.3) is 0 Å². The van der Waals surface area contributed by atoms with Gasteiger partial charge in [-0.15, -0.1) is 0 Å². The molecule has 3 rings (SSSR count). The lowest BCUT2D eigenvalue weighted by Gasteiger charge is -2.11. The van der Waals surface area contributed by atoms with Gasteiger partial charge in [-0.05, 0) is 31.0 Å². The number of halogens is 1. The maximum Gasteiger partial charge on any atom is 0.227 e. The standard InChI is InChI=1S/C17H14BrNO2/c18-13-8-9-15(19-17(21)12-6-7-12)14(10-13)16(20)11-4-2-1-3-5-11/h1-5,8-10,12H,6-7H2,(H,19,21). The van der Waals surface area contributed by atoms with Gasteiger partial charge in [-0.1, -0.05) is 46.3 Å². The normalized spacial score (nSPS) is 13.8. The number of benzene rings is 2. The van der Waals surface area contributed by atoms with Gasteiger partial charge in [0.05, 0.1) is 5.69 Å². The van der Waals surface area contributed by atoms with Gasteiger partial charge in [0.15, 0.2) is 5.78 Å². The van der Waals surface area contributed by atoms with E-state index in [1.165, 1.54) is 0 Å². The Labute approximate surface area is 131 Å². The van der Waals surface area contributed by atoms with Crippen LogP contribution in [0, 0.1) is 5.92 Å². The number of carbonyl (C=O) groups is 2. The Morgan fingerprint density at radius 3 is 2.43 bits per heavy atom. The number of amides is 1. The van der Waals surface area contributed by atoms with Crippen molar-refractivity contribution in [3.05, 3.63) is 64.1 Å². The molecule has 0 radical (unpaired) electrons. The second-order valence-electron chi connectivity index (χ2n) is 5.15. The smallest absolute Gasteiger partial charge is 0.227 e. The number of ketones is 1. The lowest BCUT2D eigenvalue weighted by atomic mass is 10.0. The van der Waals surface area contributed by atoms with Crippen molar-refractivity contribution in [1.29, 1.82) is 0 Å². The first-order valence-corrected chi connectivity index (χ1v) is 7.64. The Balaban J connectivity index is 1.94. The maximum atomic E-state index is 12.6. The number of nitrogens with one attached hydrogen (secondary N) is 1. The molecule has 4 heteroatoms. The number of carbonyl (C=O) groups excluding carboxylic acids is 2. The Morgan fingerprint density at radius 1 is 1.05 bits per heavy atom. The van der Waals surface area contributed by atoms with Crippen LogP contribution in [0.1, 0.15) is 28.8 Å². The van der Waals surface area contributed by atoms with Crippen LogP contribution in [-0.2, 0) is 4.79 Å². The summed E-state index contributed by atoms with van der Waals surface area (Å²) in [6.45, 7) is 0. The van der Waals surface area contributed by atoms with Gasteiger partial charge in [-0.3, -0.25) is 9.59 Å². The van der Waals surface area contributed by atoms with Crippen molar-refractivity contribution in [2.75, 3.05) is 5.32 Å². The van der Waals surface area contributed by atoms with Crippen LogP contribution < -0.4 is 5.32 Å². The predicted octanol–water partition coefficient (Wildman–Crippen LogP) is 4.03. The number of anilines is 1. The number of rotatable bonds is 4. The van der Waals surface area contributed by atoms with Gasteiger partial charge in [0.2, 0.25) is 5.91 Å². The lowest BCUT2D eigenvalue weighted by Crippen LogP contribution is -2.16. The van der Waals surface area contributed by atoms with Gasteiger partial charge >= 0.3 is 0 Å². The first kappa shape index (κ1) is 14.0. The summed E-state index contributed by atoms with van der Waals surface area (Å²) in [5, 5.41) is 2.87. The Kier molecular flexibility index (Phi) is 3.88. The molecule has 0 heterocycles. The third kappa shape index (κ3) is 3.22. The Morgan fingerprint density at radius 2 is 1.76 bits per heavy atom. The molecule has 1 aliphatic rings. The molecule has 1 N–H and O–H groups in total. The molecular formula is C17H14BrNO2. The maximum absolute atomic E-state index is 12.6. The molecule has 1 amide bonds. The molecule has 0 aliphatic heterocycles. The lowest BCUT2D eigenvalue weighted by molar-refractivity contribution is -0.117. The summed E-state index contributed by atoms with van der Waals surface area (Å²) in [6.07, 6.45) is 1.87. The van der Waals surface area contributed by atoms with Gasteiger partial charge in [0.1, 0.15) is 0 Å². The molecule has 2 aromatic rings. The first-order chi connectivity index (χ1) is 10.1. The average Bonchev–Trinajstić information content (AvgIpc) is 3.34. The first-order valence-electron chi connectivity index (χ1n) is 6.85. The zero-order chi connectivity index (χ0) is 14.8. The van der Waals surface area contributed by atoms with Crippen molar-refractivity contribution in [2.45, 2.75) is 12.8 Å². The van der Waals surface area contributed by atoms with Gasteiger partial charge in [-0.25, -0.2) is 0 Å². The van der Waals surface area contributed by atoms with Crippen LogP contribution in [0.15, 0.2) is 53.0 Å². The van der Waals surface area contributed by atoms with E-state index in [-0.39, 0.29) is 17.6 Å². The third-order valence-corrected chi connectivity index (χ3v) is 3.96. The average molecular weight is 344 g/mol. The molecule has 0 spiro atoms. The molecular weight excluding hydrogens is 330 g/mol. The highest BCUT2D eigenvalue weighted by molar-refractivity contribution is 9.10. The third-order valence-electron chi connectivity index (χ3n) is 3.47. The summed E-state index contributed by atoms with van der Waals surface area (Å²) in [7, 11) is 0. The van der Waals surface area contributed by atoms with Crippen LogP contribution in [0.2, 0.25) is 0 Å². The quantitative estimate of drug-likeness (QED) is 0.852. The van der Waals surface area contributed by atoms with Gasteiger partial charge in [0.25, 0.3) is 0 Å². The van der Waals surface area contributed by atoms with E-state index in [4.69, 9.17) is 0 Å². The van der Waals surface area contributed by atoms with Crippen molar-refractivity contribution in [1.82, 2.24) is 0 Å². The predicted molar refractivity (Wildman–Crippen MR) is 85.4 cm³/mol. The van der Waals surface area contributed by atoms with E-state index in [1.807, 2.05) is 24.3 Å². The molecule has 0 bridgehead atoms. The molecule has 1 aliphatic carbocycles. The molecule has 0 aromatic heterocycles. The highest BCUT2D eigenvalue weighted by Crippen LogP contribution is 2.31. The summed E-state index contributed by atoms with van der Waals surface area (Å²) < 4.78 is 0.811. The van der Waals surface area contributed by atoms with E-state index >= 15 is 0 Å². The monoisotopic (exact) mass is 343 g/mol. The van der Waals surface area contributed by atoms with Gasteiger partial charge < -0.3 is 5.32 Å². The number of hydrogen-bond acceptors (Lipinski definition) is 2. The molecule has 3 nitrogen and oxygen atoms in total. The van der Waals surface area contributed by atoms with Crippen LogP contribution >= 0.6 is 15.9 Å². The highest BCUT2D eigenvalue weighted by atomic mass is 79.9. The Hall–Kier alpha value is -1.94. The Bertz CT molecular complexity index is 693. The minimum atomic E-state index is -0.0944. The summed E-state index contributed by atoms with van der Waals surface area (Å²) in [5.74, 6) is 0.00996. The molecule has 106 valence electrons. The van der Waals surface area contributed by atoms with Crippen LogP contribution in [0.4, 0.5) is 5.69 Å². The SMILES string of the molecule is O=C(c1ccccc1)c1cc(Br)ccc1NC(=O)C1CC1. The molecule has 2 aromatic carbocycles. The minimum Gasteiger partial charge on any atom is -0.325 e. The molecule has 0 unspecified atom stereocenters. The largest absolute Gasteiger partial charge is 0.325 e. The fourth-order valence-corrected chi connectivity index (χ4v) is 2.50. The highest BCUT2D eigenvalue weighted by Gasteiger charge is 2.30. The fourth-order valence-electron chi connectivity index (χ4n) is 2.14. The summed E-state index contributed by atoms with van der Waals surface area (Å²) in [5.41, 5.74) is 1.69. The van der Waals surface area contributed by atoms with Crippen molar-refractivity contribution < 1.29 is 9.59 Å². The number of hydrogen-bond donors (Lipinski definition) is 1. The fraction of sp³-hybridized carbons (Fsp3) is 0.176. The van der Waals surface area contributed by atoms with Crippen molar-refractivity contribution in [3.63, 3.8) is 0 Å². The van der Waals surface area contributed by atoms with Crippen LogP contribution in [0.3, 0.4) is 0 Å². The summed E-state index contributed by atoms with van der Waals surface area (Å²) in [4.78, 5) is 24.6. The second-order valence-corrected chi connectivity index (χ2v) is 6.06. The molecule has 1 saturated carbocycles. The topological polar surface area (TPSA) is 46.2 Å². The second kappa shape index (κ2) is 5.82. The van der Waals surface area contributed by atoms with E-state index in [1.54, 1.807) is 24.3 Å². The van der Waals surface area contributed by atoms with Crippen LogP contribution in [0.5, 0.6) is 0 Å². The van der Waals surface area contributed by atoms with E-state index in [0.29, 0.717) is 16.8 Å². The molecule has 0 saturated heterocycles. The molecule has 0 atom stereocenters.